The van der Waals surface area contributed by atoms with Crippen molar-refractivity contribution in [2.45, 2.75) is 76.0 Å². The largest absolute Gasteiger partial charge is 0.394 e. The molecular weight excluding hydrogens is 304 g/mol. The molecule has 0 aromatic rings. The Labute approximate surface area is 136 Å². The first-order chi connectivity index (χ1) is 10.7. The van der Waals surface area contributed by atoms with Gasteiger partial charge in [0, 0.05) is 0 Å². The molecule has 5 N–H and O–H groups in total. The molecule has 2 rings (SSSR count). The van der Waals surface area contributed by atoms with Crippen LogP contribution >= 0.6 is 0 Å². The van der Waals surface area contributed by atoms with Crippen LogP contribution in [0.4, 0.5) is 0 Å². The van der Waals surface area contributed by atoms with Crippen LogP contribution in [0.1, 0.15) is 33.6 Å². The molecule has 0 bridgehead atoms. The van der Waals surface area contributed by atoms with Gasteiger partial charge in [-0.1, -0.05) is 25.5 Å². The lowest BCUT2D eigenvalue weighted by Gasteiger charge is -2.44. The number of ether oxygens (including phenoxy) is 2. The lowest BCUT2D eigenvalue weighted by atomic mass is 9.80. The van der Waals surface area contributed by atoms with E-state index in [9.17, 15) is 25.5 Å². The Kier molecular flexibility index (Phi) is 5.84. The van der Waals surface area contributed by atoms with Gasteiger partial charge in [0.2, 0.25) is 0 Å². The van der Waals surface area contributed by atoms with Gasteiger partial charge in [-0.2, -0.15) is 0 Å². The van der Waals surface area contributed by atoms with Gasteiger partial charge in [-0.3, -0.25) is 0 Å². The van der Waals surface area contributed by atoms with Crippen molar-refractivity contribution in [3.05, 3.63) is 11.6 Å². The fraction of sp³-hybridized carbons (Fsp3) is 0.875. The van der Waals surface area contributed by atoms with Gasteiger partial charge >= 0.3 is 0 Å². The van der Waals surface area contributed by atoms with E-state index in [4.69, 9.17) is 9.47 Å². The molecule has 1 aliphatic heterocycles. The summed E-state index contributed by atoms with van der Waals surface area (Å²) in [5.41, 5.74) is 0.0168. The summed E-state index contributed by atoms with van der Waals surface area (Å²) in [4.78, 5) is 0. The highest BCUT2D eigenvalue weighted by molar-refractivity contribution is 5.15. The zero-order chi connectivity index (χ0) is 17.4. The van der Waals surface area contributed by atoms with Crippen LogP contribution in [-0.2, 0) is 9.47 Å². The Balaban J connectivity index is 2.11. The van der Waals surface area contributed by atoms with E-state index in [-0.39, 0.29) is 0 Å². The molecular formula is C16H28O7. The summed E-state index contributed by atoms with van der Waals surface area (Å²) >= 11 is 0. The van der Waals surface area contributed by atoms with Crippen LogP contribution in [0, 0.1) is 5.92 Å². The molecule has 134 valence electrons. The molecule has 0 unspecified atom stereocenters. The van der Waals surface area contributed by atoms with Gasteiger partial charge in [0.05, 0.1) is 18.3 Å². The van der Waals surface area contributed by atoms with Crippen LogP contribution in [0.5, 0.6) is 0 Å². The van der Waals surface area contributed by atoms with Gasteiger partial charge in [-0.25, -0.2) is 0 Å². The molecule has 1 fully saturated rings. The first-order valence-corrected chi connectivity index (χ1v) is 8.04. The molecule has 0 spiro atoms. The van der Waals surface area contributed by atoms with E-state index in [1.165, 1.54) is 0 Å². The van der Waals surface area contributed by atoms with Gasteiger partial charge in [-0.05, 0) is 25.7 Å². The first-order valence-electron chi connectivity index (χ1n) is 8.04. The van der Waals surface area contributed by atoms with Crippen LogP contribution in [0.3, 0.4) is 0 Å². The monoisotopic (exact) mass is 332 g/mol. The topological polar surface area (TPSA) is 120 Å². The number of aliphatic hydroxyl groups is 5. The van der Waals surface area contributed by atoms with Gasteiger partial charge in [-0.15, -0.1) is 0 Å². The normalized spacial score (nSPS) is 45.2. The van der Waals surface area contributed by atoms with Crippen LogP contribution < -0.4 is 0 Å². The molecule has 1 saturated heterocycles. The molecule has 7 heteroatoms. The van der Waals surface area contributed by atoms with E-state index >= 15 is 0 Å². The summed E-state index contributed by atoms with van der Waals surface area (Å²) < 4.78 is 11.1. The molecule has 0 radical (unpaired) electrons. The molecule has 0 aromatic carbocycles. The third kappa shape index (κ3) is 3.93. The third-order valence-electron chi connectivity index (χ3n) is 4.78. The van der Waals surface area contributed by atoms with E-state index in [2.05, 4.69) is 13.8 Å². The molecule has 2 aliphatic rings. The van der Waals surface area contributed by atoms with E-state index in [1.54, 1.807) is 6.92 Å². The highest BCUT2D eigenvalue weighted by atomic mass is 16.7. The number of rotatable bonds is 4. The quantitative estimate of drug-likeness (QED) is 0.432. The maximum absolute atomic E-state index is 10.5. The van der Waals surface area contributed by atoms with Crippen molar-refractivity contribution < 1.29 is 35.0 Å². The molecule has 0 amide bonds. The molecule has 1 heterocycles. The lowest BCUT2D eigenvalue weighted by Crippen LogP contribution is -2.61. The van der Waals surface area contributed by atoms with Crippen molar-refractivity contribution in [2.24, 2.45) is 5.92 Å². The SMILES string of the molecule is CC(C)C1=CC[C@@](C)(O)[C@@H](O[C@H]2O[C@@H](CO)[C@H](O)[C@@H](O)[C@@H]2O)C1. The Bertz CT molecular complexity index is 432. The fourth-order valence-electron chi connectivity index (χ4n) is 2.99. The number of hydrogen-bond acceptors (Lipinski definition) is 7. The van der Waals surface area contributed by atoms with Crippen LogP contribution in [0.15, 0.2) is 11.6 Å². The molecule has 0 aromatic heterocycles. The average Bonchev–Trinajstić information content (AvgIpc) is 2.49. The summed E-state index contributed by atoms with van der Waals surface area (Å²) in [6, 6.07) is 0. The van der Waals surface area contributed by atoms with E-state index < -0.39 is 49.0 Å². The summed E-state index contributed by atoms with van der Waals surface area (Å²) in [5, 5.41) is 49.4. The van der Waals surface area contributed by atoms with Crippen molar-refractivity contribution in [3.63, 3.8) is 0 Å². The van der Waals surface area contributed by atoms with Crippen molar-refractivity contribution in [3.8, 4) is 0 Å². The fourth-order valence-corrected chi connectivity index (χ4v) is 2.99. The third-order valence-corrected chi connectivity index (χ3v) is 4.78. The second kappa shape index (κ2) is 7.14. The van der Waals surface area contributed by atoms with E-state index in [0.29, 0.717) is 18.8 Å². The van der Waals surface area contributed by atoms with Crippen LogP contribution in [0.25, 0.3) is 0 Å². The zero-order valence-electron chi connectivity index (χ0n) is 13.8. The number of aliphatic hydroxyl groups excluding tert-OH is 4. The Morgan fingerprint density at radius 1 is 1.26 bits per heavy atom. The average molecular weight is 332 g/mol. The lowest BCUT2D eigenvalue weighted by molar-refractivity contribution is -0.323. The predicted molar refractivity (Wildman–Crippen MR) is 81.4 cm³/mol. The van der Waals surface area contributed by atoms with Crippen molar-refractivity contribution in [1.82, 2.24) is 0 Å². The van der Waals surface area contributed by atoms with Crippen LogP contribution in [0.2, 0.25) is 0 Å². The van der Waals surface area contributed by atoms with Gasteiger partial charge in [0.25, 0.3) is 0 Å². The Morgan fingerprint density at radius 3 is 2.48 bits per heavy atom. The minimum atomic E-state index is -1.49. The Morgan fingerprint density at radius 2 is 1.91 bits per heavy atom. The van der Waals surface area contributed by atoms with Crippen molar-refractivity contribution >= 4 is 0 Å². The second-order valence-corrected chi connectivity index (χ2v) is 7.02. The standard InChI is InChI=1S/C16H28O7/c1-8(2)9-4-5-16(3,21)11(6-9)23-15-14(20)13(19)12(18)10(7-17)22-15/h4,8,10-15,17-21H,5-7H2,1-3H3/t10-,11-,12-,13+,14-,15+,16+/m0/s1. The van der Waals surface area contributed by atoms with Gasteiger partial charge in [0.1, 0.15) is 24.4 Å². The second-order valence-electron chi connectivity index (χ2n) is 7.02. The van der Waals surface area contributed by atoms with Crippen LogP contribution in [-0.4, -0.2) is 74.6 Å². The van der Waals surface area contributed by atoms with E-state index in [0.717, 1.165) is 5.57 Å². The van der Waals surface area contributed by atoms with E-state index in [1.807, 2.05) is 6.08 Å². The maximum atomic E-state index is 10.5. The number of hydrogen-bond donors (Lipinski definition) is 5. The molecule has 1 aliphatic carbocycles. The zero-order valence-corrected chi connectivity index (χ0v) is 13.8. The minimum absolute atomic E-state index is 0.312. The first kappa shape index (κ1) is 18.8. The summed E-state index contributed by atoms with van der Waals surface area (Å²) in [6.45, 7) is 5.24. The van der Waals surface area contributed by atoms with Crippen molar-refractivity contribution in [2.75, 3.05) is 6.61 Å². The minimum Gasteiger partial charge on any atom is -0.394 e. The highest BCUT2D eigenvalue weighted by Gasteiger charge is 2.47. The molecule has 7 nitrogen and oxygen atoms in total. The Hall–Kier alpha value is -0.540. The predicted octanol–water partition coefficient (Wildman–Crippen LogP) is -0.701. The molecule has 0 saturated carbocycles. The summed E-state index contributed by atoms with van der Waals surface area (Å²) in [5.74, 6) is 0.312. The van der Waals surface area contributed by atoms with Crippen molar-refractivity contribution in [1.29, 1.82) is 0 Å². The molecule has 7 atom stereocenters. The maximum Gasteiger partial charge on any atom is 0.187 e. The van der Waals surface area contributed by atoms with Gasteiger partial charge < -0.3 is 35.0 Å². The summed E-state index contributed by atoms with van der Waals surface area (Å²) in [6.07, 6.45) is -4.34. The smallest absolute Gasteiger partial charge is 0.187 e. The molecule has 23 heavy (non-hydrogen) atoms. The van der Waals surface area contributed by atoms with Gasteiger partial charge in [0.15, 0.2) is 6.29 Å². The summed E-state index contributed by atoms with van der Waals surface area (Å²) in [7, 11) is 0. The highest BCUT2D eigenvalue weighted by Crippen LogP contribution is 2.35.